The average molecular weight is 164 g/mol. The van der Waals surface area contributed by atoms with Crippen LogP contribution in [-0.4, -0.2) is 18.0 Å². The van der Waals surface area contributed by atoms with E-state index in [-0.39, 0.29) is 0 Å². The average Bonchev–Trinajstić information content (AvgIpc) is 2.16. The number of aryl methyl sites for hydroxylation is 1. The van der Waals surface area contributed by atoms with Gasteiger partial charge in [-0.25, -0.2) is 0 Å². The lowest BCUT2D eigenvalue weighted by Crippen LogP contribution is -2.01. The van der Waals surface area contributed by atoms with Crippen LogP contribution in [-0.2, 0) is 11.2 Å². The van der Waals surface area contributed by atoms with Crippen molar-refractivity contribution in [2.45, 2.75) is 12.8 Å². The molecular formula is C9H12N2O. The molecule has 0 aliphatic carbocycles. The zero-order valence-corrected chi connectivity index (χ0v) is 7.08. The third-order valence-electron chi connectivity index (χ3n) is 1.58. The molecule has 0 atom stereocenters. The Morgan fingerprint density at radius 1 is 1.58 bits per heavy atom. The van der Waals surface area contributed by atoms with E-state index in [1.165, 1.54) is 7.11 Å². The van der Waals surface area contributed by atoms with Crippen molar-refractivity contribution in [3.63, 3.8) is 0 Å². The maximum absolute atomic E-state index is 7.24. The molecule has 0 aliphatic heterocycles. The van der Waals surface area contributed by atoms with Crippen LogP contribution in [0.3, 0.4) is 0 Å². The number of nitrogens with one attached hydrogen (secondary N) is 1. The van der Waals surface area contributed by atoms with Gasteiger partial charge in [0.1, 0.15) is 0 Å². The van der Waals surface area contributed by atoms with E-state index < -0.39 is 0 Å². The minimum absolute atomic E-state index is 0.306. The maximum Gasteiger partial charge on any atom is 0.180 e. The predicted octanol–water partition coefficient (Wildman–Crippen LogP) is 1.64. The molecule has 0 spiro atoms. The number of aromatic nitrogens is 1. The lowest BCUT2D eigenvalue weighted by molar-refractivity contribution is 0.386. The number of hydrogen-bond donors (Lipinski definition) is 1. The van der Waals surface area contributed by atoms with Crippen molar-refractivity contribution in [1.29, 1.82) is 5.41 Å². The Kier molecular flexibility index (Phi) is 3.26. The van der Waals surface area contributed by atoms with Crippen LogP contribution in [0.15, 0.2) is 24.4 Å². The van der Waals surface area contributed by atoms with E-state index in [4.69, 9.17) is 10.1 Å². The first kappa shape index (κ1) is 8.71. The zero-order chi connectivity index (χ0) is 8.81. The molecule has 0 amide bonds. The molecule has 3 nitrogen and oxygen atoms in total. The van der Waals surface area contributed by atoms with E-state index >= 15 is 0 Å². The molecule has 0 saturated carbocycles. The summed E-state index contributed by atoms with van der Waals surface area (Å²) in [5.74, 6) is 0.306. The Balaban J connectivity index is 2.38. The third-order valence-corrected chi connectivity index (χ3v) is 1.58. The van der Waals surface area contributed by atoms with Gasteiger partial charge in [-0.2, -0.15) is 0 Å². The first-order valence-corrected chi connectivity index (χ1v) is 3.84. The van der Waals surface area contributed by atoms with Crippen LogP contribution in [0.2, 0.25) is 0 Å². The Labute approximate surface area is 71.9 Å². The number of rotatable bonds is 3. The van der Waals surface area contributed by atoms with Crippen molar-refractivity contribution in [2.24, 2.45) is 0 Å². The summed E-state index contributed by atoms with van der Waals surface area (Å²) in [7, 11) is 1.51. The summed E-state index contributed by atoms with van der Waals surface area (Å²) >= 11 is 0. The molecule has 0 aromatic carbocycles. The van der Waals surface area contributed by atoms with Gasteiger partial charge < -0.3 is 4.74 Å². The molecule has 0 fully saturated rings. The third kappa shape index (κ3) is 2.70. The van der Waals surface area contributed by atoms with E-state index in [1.54, 1.807) is 6.20 Å². The summed E-state index contributed by atoms with van der Waals surface area (Å²) in [5.41, 5.74) is 0.999. The smallest absolute Gasteiger partial charge is 0.180 e. The molecule has 1 heterocycles. The van der Waals surface area contributed by atoms with Gasteiger partial charge in [0.15, 0.2) is 5.90 Å². The molecular weight excluding hydrogens is 152 g/mol. The van der Waals surface area contributed by atoms with Crippen molar-refractivity contribution in [1.82, 2.24) is 4.98 Å². The van der Waals surface area contributed by atoms with E-state index in [0.29, 0.717) is 12.3 Å². The number of pyridine rings is 1. The second kappa shape index (κ2) is 4.49. The van der Waals surface area contributed by atoms with Crippen molar-refractivity contribution in [2.75, 3.05) is 7.11 Å². The molecule has 1 aromatic heterocycles. The van der Waals surface area contributed by atoms with Crippen LogP contribution >= 0.6 is 0 Å². The molecule has 0 unspecified atom stereocenters. The van der Waals surface area contributed by atoms with Gasteiger partial charge >= 0.3 is 0 Å². The molecule has 1 N–H and O–H groups in total. The van der Waals surface area contributed by atoms with E-state index in [9.17, 15) is 0 Å². The second-order valence-corrected chi connectivity index (χ2v) is 2.45. The highest BCUT2D eigenvalue weighted by molar-refractivity contribution is 5.72. The van der Waals surface area contributed by atoms with Gasteiger partial charge in [-0.3, -0.25) is 10.4 Å². The fourth-order valence-electron chi connectivity index (χ4n) is 0.890. The molecule has 12 heavy (non-hydrogen) atoms. The van der Waals surface area contributed by atoms with Gasteiger partial charge in [-0.1, -0.05) is 6.07 Å². The van der Waals surface area contributed by atoms with Crippen molar-refractivity contribution in [3.8, 4) is 0 Å². The molecule has 64 valence electrons. The minimum Gasteiger partial charge on any atom is -0.484 e. The van der Waals surface area contributed by atoms with Crippen LogP contribution in [0.5, 0.6) is 0 Å². The van der Waals surface area contributed by atoms with Crippen LogP contribution in [0.1, 0.15) is 12.1 Å². The number of methoxy groups -OCH3 is 1. The van der Waals surface area contributed by atoms with Crippen molar-refractivity contribution < 1.29 is 4.74 Å². The highest BCUT2D eigenvalue weighted by Crippen LogP contribution is 1.98. The van der Waals surface area contributed by atoms with Crippen LogP contribution in [0.4, 0.5) is 0 Å². The fraction of sp³-hybridized carbons (Fsp3) is 0.333. The summed E-state index contributed by atoms with van der Waals surface area (Å²) < 4.78 is 4.73. The monoisotopic (exact) mass is 164 g/mol. The molecule has 1 rings (SSSR count). The van der Waals surface area contributed by atoms with Crippen molar-refractivity contribution in [3.05, 3.63) is 30.1 Å². The lowest BCUT2D eigenvalue weighted by atomic mass is 10.2. The van der Waals surface area contributed by atoms with Gasteiger partial charge in [-0.15, -0.1) is 0 Å². The van der Waals surface area contributed by atoms with Gasteiger partial charge in [0, 0.05) is 18.3 Å². The van der Waals surface area contributed by atoms with Crippen LogP contribution < -0.4 is 0 Å². The largest absolute Gasteiger partial charge is 0.484 e. The SMILES string of the molecule is COC(=N)CCc1ccccn1. The Hall–Kier alpha value is -1.38. The summed E-state index contributed by atoms with van der Waals surface area (Å²) in [4.78, 5) is 4.13. The zero-order valence-electron chi connectivity index (χ0n) is 7.08. The normalized spacial score (nSPS) is 9.42. The molecule has 0 aliphatic rings. The predicted molar refractivity (Wildman–Crippen MR) is 47.3 cm³/mol. The van der Waals surface area contributed by atoms with Gasteiger partial charge in [0.25, 0.3) is 0 Å². The van der Waals surface area contributed by atoms with Gasteiger partial charge in [-0.05, 0) is 18.6 Å². The molecule has 3 heteroatoms. The second-order valence-electron chi connectivity index (χ2n) is 2.45. The Morgan fingerprint density at radius 2 is 2.42 bits per heavy atom. The van der Waals surface area contributed by atoms with Gasteiger partial charge in [0.2, 0.25) is 0 Å². The van der Waals surface area contributed by atoms with Gasteiger partial charge in [0.05, 0.1) is 7.11 Å². The standard InChI is InChI=1S/C9H12N2O/c1-12-9(10)6-5-8-4-2-3-7-11-8/h2-4,7,10H,5-6H2,1H3. The van der Waals surface area contributed by atoms with E-state index in [0.717, 1.165) is 12.1 Å². The lowest BCUT2D eigenvalue weighted by Gasteiger charge is -2.00. The topological polar surface area (TPSA) is 46.0 Å². The van der Waals surface area contributed by atoms with Crippen molar-refractivity contribution >= 4 is 5.90 Å². The summed E-state index contributed by atoms with van der Waals surface area (Å²) in [6.07, 6.45) is 3.15. The van der Waals surface area contributed by atoms with E-state index in [1.807, 2.05) is 18.2 Å². The molecule has 0 radical (unpaired) electrons. The highest BCUT2D eigenvalue weighted by atomic mass is 16.5. The molecule has 0 saturated heterocycles. The summed E-state index contributed by atoms with van der Waals surface area (Å²) in [5, 5.41) is 7.24. The summed E-state index contributed by atoms with van der Waals surface area (Å²) in [6.45, 7) is 0. The maximum atomic E-state index is 7.24. The first-order chi connectivity index (χ1) is 5.83. The van der Waals surface area contributed by atoms with E-state index in [2.05, 4.69) is 4.98 Å². The minimum atomic E-state index is 0.306. The quantitative estimate of drug-likeness (QED) is 0.545. The first-order valence-electron chi connectivity index (χ1n) is 3.84. The number of ether oxygens (including phenoxy) is 1. The Bertz CT molecular complexity index is 246. The Morgan fingerprint density at radius 3 is 3.00 bits per heavy atom. The molecule has 0 bridgehead atoms. The molecule has 1 aromatic rings. The highest BCUT2D eigenvalue weighted by Gasteiger charge is 1.97. The summed E-state index contributed by atoms with van der Waals surface area (Å²) in [6, 6.07) is 5.77. The number of nitrogens with zero attached hydrogens (tertiary/aromatic N) is 1. The number of hydrogen-bond acceptors (Lipinski definition) is 3. The fourth-order valence-corrected chi connectivity index (χ4v) is 0.890. The van der Waals surface area contributed by atoms with Crippen LogP contribution in [0, 0.1) is 5.41 Å². The van der Waals surface area contributed by atoms with Crippen LogP contribution in [0.25, 0.3) is 0 Å².